The van der Waals surface area contributed by atoms with Gasteiger partial charge in [-0.05, 0) is 37.3 Å². The number of nitrogens with two attached hydrogens (primary N) is 1. The number of anilines is 1. The molecule has 0 aliphatic carbocycles. The Kier molecular flexibility index (Phi) is 6.10. The highest BCUT2D eigenvalue weighted by atomic mass is 16.7. The second kappa shape index (κ2) is 8.71. The maximum atomic E-state index is 5.91. The number of hydrogen-bond acceptors (Lipinski definition) is 8. The highest BCUT2D eigenvalue weighted by Crippen LogP contribution is 2.33. The quantitative estimate of drug-likeness (QED) is 0.589. The Bertz CT molecular complexity index is 964. The largest absolute Gasteiger partial charge is 0.493 e. The van der Waals surface area contributed by atoms with E-state index in [1.54, 1.807) is 14.2 Å². The van der Waals surface area contributed by atoms with E-state index in [1.807, 2.05) is 44.2 Å². The zero-order valence-electron chi connectivity index (χ0n) is 16.4. The number of ether oxygens (including phenoxy) is 4. The molecule has 148 valence electrons. The predicted octanol–water partition coefficient (Wildman–Crippen LogP) is 3.44. The van der Waals surface area contributed by atoms with E-state index in [2.05, 4.69) is 9.97 Å². The third-order valence-corrected chi connectivity index (χ3v) is 4.14. The van der Waals surface area contributed by atoms with Gasteiger partial charge in [-0.1, -0.05) is 6.92 Å². The molecule has 3 rings (SSSR count). The van der Waals surface area contributed by atoms with Crippen molar-refractivity contribution in [2.24, 2.45) is 0 Å². The van der Waals surface area contributed by atoms with Crippen LogP contribution in [0, 0.1) is 0 Å². The summed E-state index contributed by atoms with van der Waals surface area (Å²) >= 11 is 0. The number of methoxy groups -OCH3 is 2. The molecule has 1 atom stereocenters. The third-order valence-electron chi connectivity index (χ3n) is 4.14. The van der Waals surface area contributed by atoms with E-state index in [0.29, 0.717) is 41.4 Å². The fourth-order valence-electron chi connectivity index (χ4n) is 2.79. The molecule has 0 amide bonds. The molecule has 0 saturated heterocycles. The van der Waals surface area contributed by atoms with Crippen LogP contribution in [0.15, 0.2) is 30.3 Å². The molecule has 0 radical (unpaired) electrons. The monoisotopic (exact) mass is 384 g/mol. The van der Waals surface area contributed by atoms with Crippen LogP contribution in [-0.4, -0.2) is 42.1 Å². The van der Waals surface area contributed by atoms with Crippen LogP contribution in [0.1, 0.15) is 20.3 Å². The van der Waals surface area contributed by atoms with Crippen molar-refractivity contribution in [2.45, 2.75) is 26.6 Å². The van der Waals surface area contributed by atoms with Gasteiger partial charge in [0.25, 0.3) is 0 Å². The molecule has 0 aliphatic rings. The average molecular weight is 384 g/mol. The summed E-state index contributed by atoms with van der Waals surface area (Å²) in [4.78, 5) is 13.2. The lowest BCUT2D eigenvalue weighted by molar-refractivity contribution is -0.0781. The lowest BCUT2D eigenvalue weighted by atomic mass is 10.1. The molecule has 28 heavy (non-hydrogen) atoms. The van der Waals surface area contributed by atoms with Crippen LogP contribution >= 0.6 is 0 Å². The van der Waals surface area contributed by atoms with Crippen molar-refractivity contribution in [3.8, 4) is 28.6 Å². The van der Waals surface area contributed by atoms with Gasteiger partial charge in [0.1, 0.15) is 0 Å². The molecule has 0 spiro atoms. The lowest BCUT2D eigenvalue weighted by Gasteiger charge is -2.17. The molecule has 8 nitrogen and oxygen atoms in total. The molecule has 1 aromatic carbocycles. The maximum absolute atomic E-state index is 5.91. The number of fused-ring (bicyclic) bond motifs is 1. The van der Waals surface area contributed by atoms with Crippen LogP contribution in [0.5, 0.6) is 17.4 Å². The highest BCUT2D eigenvalue weighted by Gasteiger charge is 2.16. The molecule has 2 heterocycles. The van der Waals surface area contributed by atoms with Crippen LogP contribution in [0.4, 0.5) is 5.95 Å². The summed E-state index contributed by atoms with van der Waals surface area (Å²) < 4.78 is 22.2. The van der Waals surface area contributed by atoms with Gasteiger partial charge >= 0.3 is 0 Å². The van der Waals surface area contributed by atoms with E-state index >= 15 is 0 Å². The van der Waals surface area contributed by atoms with E-state index in [4.69, 9.17) is 29.7 Å². The van der Waals surface area contributed by atoms with Crippen molar-refractivity contribution in [3.05, 3.63) is 30.3 Å². The number of rotatable bonds is 8. The van der Waals surface area contributed by atoms with Crippen molar-refractivity contribution in [1.82, 2.24) is 15.0 Å². The molecular weight excluding hydrogens is 360 g/mol. The van der Waals surface area contributed by atoms with Crippen LogP contribution in [0.2, 0.25) is 0 Å². The van der Waals surface area contributed by atoms with Gasteiger partial charge in [-0.25, -0.2) is 9.97 Å². The summed E-state index contributed by atoms with van der Waals surface area (Å²) in [6.45, 7) is 4.41. The number of benzene rings is 1. The molecule has 2 N–H and O–H groups in total. The smallest absolute Gasteiger partial charge is 0.247 e. The summed E-state index contributed by atoms with van der Waals surface area (Å²) in [7, 11) is 3.19. The van der Waals surface area contributed by atoms with E-state index < -0.39 is 6.29 Å². The first-order valence-corrected chi connectivity index (χ1v) is 9.04. The summed E-state index contributed by atoms with van der Waals surface area (Å²) in [5.41, 5.74) is 8.52. The Morgan fingerprint density at radius 3 is 2.43 bits per heavy atom. The van der Waals surface area contributed by atoms with Crippen molar-refractivity contribution in [3.63, 3.8) is 0 Å². The van der Waals surface area contributed by atoms with Crippen LogP contribution in [-0.2, 0) is 4.74 Å². The van der Waals surface area contributed by atoms with Crippen LogP contribution in [0.25, 0.3) is 22.3 Å². The summed E-state index contributed by atoms with van der Waals surface area (Å²) in [6, 6.07) is 9.30. The number of pyridine rings is 1. The minimum atomic E-state index is -0.436. The van der Waals surface area contributed by atoms with Crippen molar-refractivity contribution in [1.29, 1.82) is 0 Å². The first-order valence-electron chi connectivity index (χ1n) is 9.04. The fraction of sp³-hybridized carbons (Fsp3) is 0.350. The zero-order chi connectivity index (χ0) is 20.1. The molecule has 8 heteroatoms. The first kappa shape index (κ1) is 19.6. The van der Waals surface area contributed by atoms with Gasteiger partial charge in [-0.2, -0.15) is 4.98 Å². The van der Waals surface area contributed by atoms with Crippen molar-refractivity contribution < 1.29 is 18.9 Å². The fourth-order valence-corrected chi connectivity index (χ4v) is 2.79. The van der Waals surface area contributed by atoms with E-state index in [0.717, 1.165) is 11.3 Å². The number of aromatic nitrogens is 3. The maximum Gasteiger partial charge on any atom is 0.247 e. The van der Waals surface area contributed by atoms with Crippen molar-refractivity contribution >= 4 is 17.0 Å². The second-order valence-electron chi connectivity index (χ2n) is 5.93. The Morgan fingerprint density at radius 2 is 1.75 bits per heavy atom. The molecule has 0 bridgehead atoms. The Hall–Kier alpha value is -3.13. The van der Waals surface area contributed by atoms with Gasteiger partial charge in [0, 0.05) is 18.6 Å². The van der Waals surface area contributed by atoms with Crippen LogP contribution < -0.4 is 19.9 Å². The van der Waals surface area contributed by atoms with Gasteiger partial charge in [0.2, 0.25) is 18.1 Å². The van der Waals surface area contributed by atoms with E-state index in [9.17, 15) is 0 Å². The predicted molar refractivity (Wildman–Crippen MR) is 107 cm³/mol. The van der Waals surface area contributed by atoms with Gasteiger partial charge < -0.3 is 24.7 Å². The summed E-state index contributed by atoms with van der Waals surface area (Å²) in [5.74, 6) is 1.68. The van der Waals surface area contributed by atoms with E-state index in [-0.39, 0.29) is 5.95 Å². The van der Waals surface area contributed by atoms with Gasteiger partial charge in [0.15, 0.2) is 17.0 Å². The first-order chi connectivity index (χ1) is 13.6. The average Bonchev–Trinajstić information content (AvgIpc) is 2.72. The Morgan fingerprint density at radius 1 is 0.964 bits per heavy atom. The van der Waals surface area contributed by atoms with Crippen molar-refractivity contribution in [2.75, 3.05) is 26.6 Å². The third kappa shape index (κ3) is 4.07. The lowest BCUT2D eigenvalue weighted by Crippen LogP contribution is -2.20. The van der Waals surface area contributed by atoms with Gasteiger partial charge in [0.05, 0.1) is 25.4 Å². The number of hydrogen-bond donors (Lipinski definition) is 1. The summed E-state index contributed by atoms with van der Waals surface area (Å²) in [6.07, 6.45) is 0.225. The van der Waals surface area contributed by atoms with E-state index in [1.165, 1.54) is 0 Å². The molecule has 3 aromatic rings. The molecule has 1 unspecified atom stereocenters. The Labute approximate surface area is 163 Å². The zero-order valence-corrected chi connectivity index (χ0v) is 16.4. The topological polar surface area (TPSA) is 102 Å². The molecule has 2 aromatic heterocycles. The molecular formula is C20H24N4O4. The SMILES string of the molecule is CCOC(CC)Oc1nc(N)nc2ccc(-c3ccc(OC)c(OC)c3)nc12. The van der Waals surface area contributed by atoms with Crippen LogP contribution in [0.3, 0.4) is 0 Å². The summed E-state index contributed by atoms with van der Waals surface area (Å²) in [5, 5.41) is 0. The number of nitrogens with zero attached hydrogens (tertiary/aromatic N) is 3. The van der Waals surface area contributed by atoms with Gasteiger partial charge in [-0.15, -0.1) is 0 Å². The van der Waals surface area contributed by atoms with Gasteiger partial charge in [-0.3, -0.25) is 0 Å². The molecule has 0 aliphatic heterocycles. The molecule has 0 saturated carbocycles. The molecule has 0 fully saturated rings. The minimum Gasteiger partial charge on any atom is -0.493 e. The standard InChI is InChI=1S/C20H24N4O4/c1-5-17(27-6-2)28-19-18-14(23-20(21)24-19)9-8-13(22-18)12-7-10-15(25-3)16(11-12)26-4/h7-11,17H,5-6H2,1-4H3,(H2,21,23,24). The Balaban J connectivity index is 2.07. The second-order valence-corrected chi connectivity index (χ2v) is 5.93. The normalized spacial score (nSPS) is 12.0. The number of nitrogen functional groups attached to an aromatic ring is 1. The highest BCUT2D eigenvalue weighted by molar-refractivity contribution is 5.83. The minimum absolute atomic E-state index is 0.120.